The van der Waals surface area contributed by atoms with Gasteiger partial charge in [-0.1, -0.05) is 5.16 Å². The maximum absolute atomic E-state index is 8.70. The van der Waals surface area contributed by atoms with Crippen molar-refractivity contribution in [1.82, 2.24) is 9.80 Å². The molecule has 2 fully saturated rings. The van der Waals surface area contributed by atoms with Gasteiger partial charge in [0.05, 0.1) is 0 Å². The Morgan fingerprint density at radius 3 is 2.47 bits per heavy atom. The minimum absolute atomic E-state index is 0.310. The van der Waals surface area contributed by atoms with E-state index in [0.29, 0.717) is 11.3 Å². The molecule has 19 heavy (non-hydrogen) atoms. The number of oxime groups is 1. The summed E-state index contributed by atoms with van der Waals surface area (Å²) < 4.78 is 0. The van der Waals surface area contributed by atoms with Crippen LogP contribution in [-0.2, 0) is 0 Å². The summed E-state index contributed by atoms with van der Waals surface area (Å²) in [5.41, 5.74) is 5.97. The normalized spacial score (nSPS) is 24.9. The second kappa shape index (κ2) is 6.09. The summed E-state index contributed by atoms with van der Waals surface area (Å²) in [7, 11) is 4.31. The number of nitrogens with two attached hydrogens (primary N) is 1. The zero-order chi connectivity index (χ0) is 13.9. The molecule has 1 saturated heterocycles. The van der Waals surface area contributed by atoms with E-state index in [1.54, 1.807) is 0 Å². The predicted octanol–water partition coefficient (Wildman–Crippen LogP) is 1.18. The highest BCUT2D eigenvalue weighted by Gasteiger charge is 2.44. The third kappa shape index (κ3) is 4.35. The Balaban J connectivity index is 1.74. The summed E-state index contributed by atoms with van der Waals surface area (Å²) in [6.07, 6.45) is 5.80. The lowest BCUT2D eigenvalue weighted by Gasteiger charge is -2.35. The number of piperidine rings is 1. The minimum Gasteiger partial charge on any atom is -0.409 e. The van der Waals surface area contributed by atoms with Gasteiger partial charge in [0, 0.05) is 19.5 Å². The molecule has 1 aliphatic heterocycles. The lowest BCUT2D eigenvalue weighted by molar-refractivity contribution is 0.139. The van der Waals surface area contributed by atoms with Gasteiger partial charge in [0.25, 0.3) is 0 Å². The molecule has 0 aromatic heterocycles. The Morgan fingerprint density at radius 1 is 1.37 bits per heavy atom. The Hall–Kier alpha value is -0.810. The SMILES string of the molecule is CN(C)CC1CCN(CC2(CC(N)=NO)CC2)CC1. The number of nitrogens with zero attached hydrogens (tertiary/aromatic N) is 3. The van der Waals surface area contributed by atoms with Crippen LogP contribution in [0.3, 0.4) is 0 Å². The van der Waals surface area contributed by atoms with Gasteiger partial charge in [-0.3, -0.25) is 0 Å². The minimum atomic E-state index is 0.310. The number of amidine groups is 1. The van der Waals surface area contributed by atoms with E-state index in [-0.39, 0.29) is 0 Å². The van der Waals surface area contributed by atoms with Crippen molar-refractivity contribution in [2.75, 3.05) is 40.3 Å². The molecular formula is C14H28N4O. The Labute approximate surface area is 116 Å². The van der Waals surface area contributed by atoms with E-state index in [4.69, 9.17) is 10.9 Å². The quantitative estimate of drug-likeness (QED) is 0.328. The highest BCUT2D eigenvalue weighted by atomic mass is 16.4. The molecule has 0 bridgehead atoms. The summed E-state index contributed by atoms with van der Waals surface area (Å²) >= 11 is 0. The van der Waals surface area contributed by atoms with Crippen molar-refractivity contribution in [1.29, 1.82) is 0 Å². The largest absolute Gasteiger partial charge is 0.409 e. The Bertz CT molecular complexity index is 317. The van der Waals surface area contributed by atoms with Gasteiger partial charge < -0.3 is 20.7 Å². The number of hydrogen-bond acceptors (Lipinski definition) is 4. The maximum Gasteiger partial charge on any atom is 0.139 e. The Kier molecular flexibility index (Phi) is 4.68. The summed E-state index contributed by atoms with van der Waals surface area (Å²) in [6, 6.07) is 0. The number of likely N-dealkylation sites (tertiary alicyclic amines) is 1. The molecule has 0 aromatic rings. The van der Waals surface area contributed by atoms with Gasteiger partial charge in [-0.15, -0.1) is 0 Å². The van der Waals surface area contributed by atoms with Crippen molar-refractivity contribution in [2.24, 2.45) is 22.2 Å². The summed E-state index contributed by atoms with van der Waals surface area (Å²) in [5, 5.41) is 11.8. The van der Waals surface area contributed by atoms with Crippen LogP contribution in [0.15, 0.2) is 5.16 Å². The van der Waals surface area contributed by atoms with Crippen molar-refractivity contribution in [3.8, 4) is 0 Å². The van der Waals surface area contributed by atoms with Gasteiger partial charge in [0.2, 0.25) is 0 Å². The molecule has 0 atom stereocenters. The van der Waals surface area contributed by atoms with Crippen LogP contribution in [0.1, 0.15) is 32.1 Å². The van der Waals surface area contributed by atoms with Crippen molar-refractivity contribution in [2.45, 2.75) is 32.1 Å². The second-order valence-electron chi connectivity index (χ2n) is 6.75. The van der Waals surface area contributed by atoms with Crippen LogP contribution < -0.4 is 5.73 Å². The molecule has 5 nitrogen and oxygen atoms in total. The molecular weight excluding hydrogens is 240 g/mol. The zero-order valence-electron chi connectivity index (χ0n) is 12.3. The second-order valence-corrected chi connectivity index (χ2v) is 6.75. The van der Waals surface area contributed by atoms with Crippen molar-refractivity contribution in [3.05, 3.63) is 0 Å². The molecule has 5 heteroatoms. The first-order valence-electron chi connectivity index (χ1n) is 7.36. The molecule has 0 spiro atoms. The average molecular weight is 268 g/mol. The fourth-order valence-electron chi connectivity index (χ4n) is 3.31. The summed E-state index contributed by atoms with van der Waals surface area (Å²) in [6.45, 7) is 4.74. The van der Waals surface area contributed by atoms with Gasteiger partial charge in [0.15, 0.2) is 0 Å². The molecule has 1 saturated carbocycles. The summed E-state index contributed by atoms with van der Waals surface area (Å²) in [5.74, 6) is 1.24. The summed E-state index contributed by atoms with van der Waals surface area (Å²) in [4.78, 5) is 4.87. The van der Waals surface area contributed by atoms with Crippen LogP contribution in [0.25, 0.3) is 0 Å². The van der Waals surface area contributed by atoms with Gasteiger partial charge in [-0.05, 0) is 64.2 Å². The molecule has 110 valence electrons. The molecule has 0 radical (unpaired) electrons. The van der Waals surface area contributed by atoms with Crippen LogP contribution in [0.2, 0.25) is 0 Å². The van der Waals surface area contributed by atoms with E-state index in [1.807, 2.05) is 0 Å². The van der Waals surface area contributed by atoms with Crippen molar-refractivity contribution in [3.63, 3.8) is 0 Å². The molecule has 0 amide bonds. The van der Waals surface area contributed by atoms with E-state index in [2.05, 4.69) is 29.1 Å². The first-order valence-corrected chi connectivity index (χ1v) is 7.36. The maximum atomic E-state index is 8.70. The highest BCUT2D eigenvalue weighted by Crippen LogP contribution is 2.49. The zero-order valence-corrected chi connectivity index (χ0v) is 12.3. The lowest BCUT2D eigenvalue weighted by atomic mass is 9.94. The molecule has 0 unspecified atom stereocenters. The van der Waals surface area contributed by atoms with Gasteiger partial charge in [-0.25, -0.2) is 0 Å². The van der Waals surface area contributed by atoms with E-state index in [0.717, 1.165) is 18.9 Å². The molecule has 2 aliphatic rings. The van der Waals surface area contributed by atoms with Crippen molar-refractivity contribution < 1.29 is 5.21 Å². The lowest BCUT2D eigenvalue weighted by Crippen LogP contribution is -2.40. The van der Waals surface area contributed by atoms with Crippen LogP contribution in [-0.4, -0.2) is 61.1 Å². The number of hydrogen-bond donors (Lipinski definition) is 2. The van der Waals surface area contributed by atoms with E-state index in [1.165, 1.54) is 45.3 Å². The smallest absolute Gasteiger partial charge is 0.139 e. The van der Waals surface area contributed by atoms with E-state index < -0.39 is 0 Å². The number of rotatable bonds is 6. The van der Waals surface area contributed by atoms with E-state index >= 15 is 0 Å². The monoisotopic (exact) mass is 268 g/mol. The molecule has 2 rings (SSSR count). The van der Waals surface area contributed by atoms with Crippen LogP contribution in [0.4, 0.5) is 0 Å². The topological polar surface area (TPSA) is 65.1 Å². The highest BCUT2D eigenvalue weighted by molar-refractivity contribution is 5.80. The third-order valence-corrected chi connectivity index (χ3v) is 4.53. The van der Waals surface area contributed by atoms with Crippen LogP contribution >= 0.6 is 0 Å². The third-order valence-electron chi connectivity index (χ3n) is 4.53. The van der Waals surface area contributed by atoms with Crippen molar-refractivity contribution >= 4 is 5.84 Å². The Morgan fingerprint density at radius 2 is 2.00 bits per heavy atom. The van der Waals surface area contributed by atoms with E-state index in [9.17, 15) is 0 Å². The molecule has 3 N–H and O–H groups in total. The average Bonchev–Trinajstić information content (AvgIpc) is 3.10. The van der Waals surface area contributed by atoms with Crippen LogP contribution in [0.5, 0.6) is 0 Å². The fourth-order valence-corrected chi connectivity index (χ4v) is 3.31. The molecule has 1 heterocycles. The van der Waals surface area contributed by atoms with Gasteiger partial charge in [-0.2, -0.15) is 0 Å². The fraction of sp³-hybridized carbons (Fsp3) is 0.929. The van der Waals surface area contributed by atoms with Gasteiger partial charge in [0.1, 0.15) is 5.84 Å². The molecule has 1 aliphatic carbocycles. The standard InChI is InChI=1S/C14H28N4O/c1-17(2)10-12-3-7-18(8-4-12)11-14(5-6-14)9-13(15)16-19/h12,19H,3-11H2,1-2H3,(H2,15,16). The first-order chi connectivity index (χ1) is 9.03. The molecule has 0 aromatic carbocycles. The van der Waals surface area contributed by atoms with Crippen LogP contribution in [0, 0.1) is 11.3 Å². The predicted molar refractivity (Wildman–Crippen MR) is 77.4 cm³/mol. The van der Waals surface area contributed by atoms with Gasteiger partial charge >= 0.3 is 0 Å². The first kappa shape index (κ1) is 14.6.